The maximum absolute atomic E-state index is 9.79. The molecule has 92 valence electrons. The van der Waals surface area contributed by atoms with Gasteiger partial charge in [0.25, 0.3) is 0 Å². The van der Waals surface area contributed by atoms with Crippen LogP contribution in [0.3, 0.4) is 0 Å². The molecule has 0 aliphatic carbocycles. The van der Waals surface area contributed by atoms with Crippen LogP contribution in [0.15, 0.2) is 40.4 Å². The Morgan fingerprint density at radius 3 is 2.67 bits per heavy atom. The Morgan fingerprint density at radius 2 is 1.94 bits per heavy atom. The number of hydrogen-bond acceptors (Lipinski definition) is 3. The van der Waals surface area contributed by atoms with Crippen LogP contribution in [0.5, 0.6) is 5.75 Å². The SMILES string of the molecule is NC(N)=NC(N)=Nc1c(O)ccc2ncccc12. The van der Waals surface area contributed by atoms with Crippen molar-refractivity contribution in [3.05, 3.63) is 30.5 Å². The predicted molar refractivity (Wildman–Crippen MR) is 70.5 cm³/mol. The minimum atomic E-state index is -0.200. The molecule has 0 spiro atoms. The van der Waals surface area contributed by atoms with Gasteiger partial charge < -0.3 is 22.3 Å². The number of aromatic nitrogens is 1. The number of phenolic OH excluding ortho intramolecular Hbond substituents is 1. The first-order valence-electron chi connectivity index (χ1n) is 5.08. The fraction of sp³-hybridized carbons (Fsp3) is 0. The van der Waals surface area contributed by atoms with E-state index in [1.807, 2.05) is 0 Å². The van der Waals surface area contributed by atoms with E-state index in [-0.39, 0.29) is 23.4 Å². The normalized spacial score (nSPS) is 11.4. The maximum Gasteiger partial charge on any atom is 0.223 e. The number of pyridine rings is 1. The first-order valence-corrected chi connectivity index (χ1v) is 5.08. The van der Waals surface area contributed by atoms with Gasteiger partial charge in [0.15, 0.2) is 5.96 Å². The van der Waals surface area contributed by atoms with Gasteiger partial charge in [-0.2, -0.15) is 4.99 Å². The van der Waals surface area contributed by atoms with Crippen molar-refractivity contribution in [2.45, 2.75) is 0 Å². The van der Waals surface area contributed by atoms with Crippen molar-refractivity contribution >= 4 is 28.5 Å². The summed E-state index contributed by atoms with van der Waals surface area (Å²) in [6.07, 6.45) is 1.65. The topological polar surface area (TPSA) is 136 Å². The highest BCUT2D eigenvalue weighted by molar-refractivity contribution is 5.99. The number of aliphatic imine (C=N–C) groups is 2. The van der Waals surface area contributed by atoms with Crippen LogP contribution >= 0.6 is 0 Å². The lowest BCUT2D eigenvalue weighted by Crippen LogP contribution is -2.26. The van der Waals surface area contributed by atoms with Crippen molar-refractivity contribution in [2.24, 2.45) is 27.2 Å². The molecule has 7 N–H and O–H groups in total. The van der Waals surface area contributed by atoms with Crippen molar-refractivity contribution in [3.63, 3.8) is 0 Å². The van der Waals surface area contributed by atoms with Gasteiger partial charge in [-0.25, -0.2) is 4.99 Å². The van der Waals surface area contributed by atoms with Crippen molar-refractivity contribution in [1.29, 1.82) is 0 Å². The summed E-state index contributed by atoms with van der Waals surface area (Å²) in [6, 6.07) is 6.67. The summed E-state index contributed by atoms with van der Waals surface area (Å²) in [6.45, 7) is 0. The summed E-state index contributed by atoms with van der Waals surface area (Å²) in [7, 11) is 0. The molecule has 0 amide bonds. The van der Waals surface area contributed by atoms with Crippen LogP contribution in [0.25, 0.3) is 10.9 Å². The van der Waals surface area contributed by atoms with Crippen LogP contribution in [0, 0.1) is 0 Å². The molecule has 1 heterocycles. The molecule has 1 aromatic carbocycles. The molecule has 0 radical (unpaired) electrons. The zero-order valence-corrected chi connectivity index (χ0v) is 9.41. The Balaban J connectivity index is 2.63. The van der Waals surface area contributed by atoms with Gasteiger partial charge in [0.05, 0.1) is 5.52 Å². The average molecular weight is 244 g/mol. The van der Waals surface area contributed by atoms with E-state index in [0.29, 0.717) is 10.9 Å². The highest BCUT2D eigenvalue weighted by atomic mass is 16.3. The van der Waals surface area contributed by atoms with Crippen molar-refractivity contribution < 1.29 is 5.11 Å². The number of nitrogens with zero attached hydrogens (tertiary/aromatic N) is 3. The van der Waals surface area contributed by atoms with Crippen molar-refractivity contribution in [3.8, 4) is 5.75 Å². The monoisotopic (exact) mass is 244 g/mol. The first-order chi connectivity index (χ1) is 8.58. The second-order valence-corrected chi connectivity index (χ2v) is 3.51. The molecule has 1 aromatic heterocycles. The van der Waals surface area contributed by atoms with Gasteiger partial charge in [0.1, 0.15) is 11.4 Å². The number of phenols is 1. The van der Waals surface area contributed by atoms with Crippen LogP contribution in [-0.2, 0) is 0 Å². The van der Waals surface area contributed by atoms with Crippen LogP contribution < -0.4 is 17.2 Å². The van der Waals surface area contributed by atoms with Crippen LogP contribution in [0.4, 0.5) is 5.69 Å². The number of fused-ring (bicyclic) bond motifs is 1. The molecule has 7 heteroatoms. The lowest BCUT2D eigenvalue weighted by atomic mass is 10.1. The van der Waals surface area contributed by atoms with E-state index in [1.165, 1.54) is 6.07 Å². The predicted octanol–water partition coefficient (Wildman–Crippen LogP) is 0.160. The summed E-state index contributed by atoms with van der Waals surface area (Å²) in [5, 5.41) is 10.4. The zero-order chi connectivity index (χ0) is 13.1. The van der Waals surface area contributed by atoms with Gasteiger partial charge >= 0.3 is 0 Å². The number of guanidine groups is 2. The van der Waals surface area contributed by atoms with Gasteiger partial charge in [0.2, 0.25) is 5.96 Å². The largest absolute Gasteiger partial charge is 0.506 e. The standard InChI is InChI=1S/C11H12N6O/c12-10(13)17-11(14)16-9-6-2-1-5-15-7(6)3-4-8(9)18/h1-5,18H,(H6,12,13,14,16,17). The Kier molecular flexibility index (Phi) is 2.96. The second-order valence-electron chi connectivity index (χ2n) is 3.51. The maximum atomic E-state index is 9.79. The van der Waals surface area contributed by atoms with Gasteiger partial charge in [-0.15, -0.1) is 0 Å². The summed E-state index contributed by atoms with van der Waals surface area (Å²) >= 11 is 0. The third-order valence-electron chi connectivity index (χ3n) is 2.21. The summed E-state index contributed by atoms with van der Waals surface area (Å²) in [4.78, 5) is 11.7. The lowest BCUT2D eigenvalue weighted by Gasteiger charge is -2.04. The molecule has 7 nitrogen and oxygen atoms in total. The van der Waals surface area contributed by atoms with Crippen LogP contribution in [0.1, 0.15) is 0 Å². The smallest absolute Gasteiger partial charge is 0.223 e. The van der Waals surface area contributed by atoms with E-state index in [1.54, 1.807) is 24.4 Å². The summed E-state index contributed by atoms with van der Waals surface area (Å²) in [5.41, 5.74) is 16.9. The second kappa shape index (κ2) is 4.58. The van der Waals surface area contributed by atoms with E-state index in [9.17, 15) is 5.11 Å². The minimum absolute atomic E-state index is 0.0238. The molecule has 2 aromatic rings. The molecule has 0 aliphatic heterocycles. The molecule has 0 bridgehead atoms. The number of hydrogen-bond donors (Lipinski definition) is 4. The molecule has 18 heavy (non-hydrogen) atoms. The van der Waals surface area contributed by atoms with E-state index in [2.05, 4.69) is 15.0 Å². The summed E-state index contributed by atoms with van der Waals surface area (Å²) in [5.74, 6) is -0.361. The zero-order valence-electron chi connectivity index (χ0n) is 9.41. The van der Waals surface area contributed by atoms with Crippen molar-refractivity contribution in [1.82, 2.24) is 4.98 Å². The average Bonchev–Trinajstić information content (AvgIpc) is 2.32. The minimum Gasteiger partial charge on any atom is -0.506 e. The molecule has 0 fully saturated rings. The Morgan fingerprint density at radius 1 is 1.17 bits per heavy atom. The molecule has 0 atom stereocenters. The quantitative estimate of drug-likeness (QED) is 0.418. The van der Waals surface area contributed by atoms with Gasteiger partial charge in [-0.3, -0.25) is 4.98 Å². The van der Waals surface area contributed by atoms with E-state index >= 15 is 0 Å². The highest BCUT2D eigenvalue weighted by Crippen LogP contribution is 2.33. The third kappa shape index (κ3) is 2.29. The van der Waals surface area contributed by atoms with Crippen LogP contribution in [-0.4, -0.2) is 22.0 Å². The molecule has 0 saturated carbocycles. The fourth-order valence-electron chi connectivity index (χ4n) is 1.51. The van der Waals surface area contributed by atoms with E-state index in [0.717, 1.165) is 0 Å². The van der Waals surface area contributed by atoms with Gasteiger partial charge in [0, 0.05) is 11.6 Å². The molecular formula is C11H12N6O. The molecule has 0 saturated heterocycles. The molecule has 0 unspecified atom stereocenters. The lowest BCUT2D eigenvalue weighted by molar-refractivity contribution is 0.477. The number of aromatic hydroxyl groups is 1. The van der Waals surface area contributed by atoms with Crippen molar-refractivity contribution in [2.75, 3.05) is 0 Å². The highest BCUT2D eigenvalue weighted by Gasteiger charge is 2.07. The van der Waals surface area contributed by atoms with Crippen LogP contribution in [0.2, 0.25) is 0 Å². The third-order valence-corrected chi connectivity index (χ3v) is 2.21. The molecule has 2 rings (SSSR count). The van der Waals surface area contributed by atoms with E-state index in [4.69, 9.17) is 17.2 Å². The van der Waals surface area contributed by atoms with E-state index < -0.39 is 0 Å². The first kappa shape index (κ1) is 11.6. The molecular weight excluding hydrogens is 232 g/mol. The number of rotatable bonds is 1. The Bertz CT molecular complexity index is 645. The molecule has 0 aliphatic rings. The fourth-order valence-corrected chi connectivity index (χ4v) is 1.51. The van der Waals surface area contributed by atoms with Gasteiger partial charge in [-0.05, 0) is 24.3 Å². The Hall–Kier alpha value is -2.83. The Labute approximate surface area is 103 Å². The van der Waals surface area contributed by atoms with Gasteiger partial charge in [-0.1, -0.05) is 0 Å². The summed E-state index contributed by atoms with van der Waals surface area (Å²) < 4.78 is 0. The number of nitrogens with two attached hydrogens (primary N) is 3. The number of benzene rings is 1.